The van der Waals surface area contributed by atoms with Crippen LogP contribution in [0, 0.1) is 16.0 Å². The first-order valence-electron chi connectivity index (χ1n) is 9.71. The molecule has 3 aliphatic rings. The average molecular weight is 401 g/mol. The standard InChI is InChI=1S/C19H23N5O5/c1-19(13-2-3-13)17(26)23(18(27)20-19)12-16(25)22-10-8-21(9-11-22)14-4-6-15(7-5-14)24(28)29/h4-7,13H,2-3,8-12H2,1H3,(H,20,27)/t19-/m1/s1. The monoisotopic (exact) mass is 401 g/mol. The molecule has 4 rings (SSSR count). The molecule has 29 heavy (non-hydrogen) atoms. The number of nitrogens with one attached hydrogen (secondary N) is 1. The Balaban J connectivity index is 1.33. The van der Waals surface area contributed by atoms with Crippen LogP contribution in [0.2, 0.25) is 0 Å². The van der Waals surface area contributed by atoms with Gasteiger partial charge in [-0.3, -0.25) is 24.6 Å². The highest BCUT2D eigenvalue weighted by Gasteiger charge is 2.56. The fourth-order valence-electron chi connectivity index (χ4n) is 4.03. The lowest BCUT2D eigenvalue weighted by atomic mass is 9.96. The molecule has 1 N–H and O–H groups in total. The molecule has 0 unspecified atom stereocenters. The van der Waals surface area contributed by atoms with Crippen LogP contribution in [-0.2, 0) is 9.59 Å². The molecule has 10 nitrogen and oxygen atoms in total. The zero-order valence-electron chi connectivity index (χ0n) is 16.2. The van der Waals surface area contributed by atoms with E-state index in [1.165, 1.54) is 12.1 Å². The third-order valence-corrected chi connectivity index (χ3v) is 6.05. The molecule has 10 heteroatoms. The third kappa shape index (κ3) is 3.50. The average Bonchev–Trinajstić information content (AvgIpc) is 3.54. The van der Waals surface area contributed by atoms with Gasteiger partial charge in [-0.15, -0.1) is 0 Å². The summed E-state index contributed by atoms with van der Waals surface area (Å²) in [6, 6.07) is 5.81. The Hall–Kier alpha value is -3.17. The highest BCUT2D eigenvalue weighted by molar-refractivity contribution is 6.09. The summed E-state index contributed by atoms with van der Waals surface area (Å²) < 4.78 is 0. The van der Waals surface area contributed by atoms with Crippen LogP contribution in [0.3, 0.4) is 0 Å². The number of hydrogen-bond acceptors (Lipinski definition) is 6. The van der Waals surface area contributed by atoms with Crippen LogP contribution in [0.15, 0.2) is 24.3 Å². The number of anilines is 1. The SMILES string of the molecule is C[C@]1(C2CC2)NC(=O)N(CC(=O)N2CCN(c3ccc([N+](=O)[O-])cc3)CC2)C1=O. The Morgan fingerprint density at radius 1 is 1.17 bits per heavy atom. The summed E-state index contributed by atoms with van der Waals surface area (Å²) in [5.74, 6) is -0.413. The van der Waals surface area contributed by atoms with E-state index in [9.17, 15) is 24.5 Å². The second-order valence-electron chi connectivity index (χ2n) is 7.94. The molecule has 1 atom stereocenters. The van der Waals surface area contributed by atoms with E-state index in [0.29, 0.717) is 26.2 Å². The highest BCUT2D eigenvalue weighted by atomic mass is 16.6. The molecule has 154 valence electrons. The molecule has 0 aromatic heterocycles. The Morgan fingerprint density at radius 3 is 2.34 bits per heavy atom. The van der Waals surface area contributed by atoms with Crippen LogP contribution in [-0.4, -0.2) is 70.8 Å². The molecular formula is C19H23N5O5. The molecule has 0 spiro atoms. The number of nitro groups is 1. The van der Waals surface area contributed by atoms with E-state index < -0.39 is 16.5 Å². The third-order valence-electron chi connectivity index (χ3n) is 6.05. The van der Waals surface area contributed by atoms with Gasteiger partial charge in [-0.2, -0.15) is 0 Å². The molecule has 4 amide bonds. The molecule has 1 aromatic carbocycles. The first-order chi connectivity index (χ1) is 13.8. The summed E-state index contributed by atoms with van der Waals surface area (Å²) in [7, 11) is 0. The van der Waals surface area contributed by atoms with Crippen molar-refractivity contribution in [3.63, 3.8) is 0 Å². The number of carbonyl (C=O) groups is 3. The van der Waals surface area contributed by atoms with E-state index in [0.717, 1.165) is 23.4 Å². The van der Waals surface area contributed by atoms with Crippen LogP contribution >= 0.6 is 0 Å². The molecule has 2 aliphatic heterocycles. The first kappa shape index (κ1) is 19.2. The van der Waals surface area contributed by atoms with Crippen molar-refractivity contribution in [3.8, 4) is 0 Å². The Kier molecular flexibility index (Phi) is 4.64. The van der Waals surface area contributed by atoms with Gasteiger partial charge < -0.3 is 15.1 Å². The summed E-state index contributed by atoms with van der Waals surface area (Å²) in [4.78, 5) is 52.6. The number of hydrogen-bond donors (Lipinski definition) is 1. The second-order valence-corrected chi connectivity index (χ2v) is 7.94. The van der Waals surface area contributed by atoms with Gasteiger partial charge in [-0.05, 0) is 37.8 Å². The fourth-order valence-corrected chi connectivity index (χ4v) is 4.03. The van der Waals surface area contributed by atoms with E-state index in [1.807, 2.05) is 4.90 Å². The van der Waals surface area contributed by atoms with Crippen molar-refractivity contribution in [1.29, 1.82) is 0 Å². The molecule has 2 saturated heterocycles. The molecule has 1 saturated carbocycles. The molecule has 1 aliphatic carbocycles. The van der Waals surface area contributed by atoms with Crippen LogP contribution in [0.1, 0.15) is 19.8 Å². The molecule has 3 fully saturated rings. The number of amides is 4. The number of carbonyl (C=O) groups excluding carboxylic acids is 3. The van der Waals surface area contributed by atoms with Crippen molar-refractivity contribution in [2.24, 2.45) is 5.92 Å². The van der Waals surface area contributed by atoms with E-state index in [-0.39, 0.29) is 30.0 Å². The van der Waals surface area contributed by atoms with Crippen LogP contribution in [0.4, 0.5) is 16.2 Å². The second kappa shape index (κ2) is 7.02. The van der Waals surface area contributed by atoms with Crippen LogP contribution in [0.5, 0.6) is 0 Å². The van der Waals surface area contributed by atoms with E-state index >= 15 is 0 Å². The van der Waals surface area contributed by atoms with Gasteiger partial charge in [0.2, 0.25) is 5.91 Å². The normalized spacial score (nSPS) is 24.7. The van der Waals surface area contributed by atoms with E-state index in [2.05, 4.69) is 5.32 Å². The number of nitrogens with zero attached hydrogens (tertiary/aromatic N) is 4. The zero-order chi connectivity index (χ0) is 20.8. The van der Waals surface area contributed by atoms with Crippen LogP contribution in [0.25, 0.3) is 0 Å². The van der Waals surface area contributed by atoms with Crippen molar-refractivity contribution >= 4 is 29.2 Å². The minimum Gasteiger partial charge on any atom is -0.368 e. The topological polar surface area (TPSA) is 116 Å². The number of benzene rings is 1. The Bertz CT molecular complexity index is 860. The molecule has 1 aromatic rings. The number of nitro benzene ring substituents is 1. The maximum Gasteiger partial charge on any atom is 0.325 e. The molecular weight excluding hydrogens is 378 g/mol. The maximum atomic E-state index is 12.7. The summed E-state index contributed by atoms with van der Waals surface area (Å²) in [5.41, 5.74) is 0.0118. The number of rotatable bonds is 5. The van der Waals surface area contributed by atoms with Crippen molar-refractivity contribution in [2.75, 3.05) is 37.6 Å². The quantitative estimate of drug-likeness (QED) is 0.446. The summed E-state index contributed by atoms with van der Waals surface area (Å²) >= 11 is 0. The maximum absolute atomic E-state index is 12.7. The van der Waals surface area contributed by atoms with Crippen molar-refractivity contribution in [3.05, 3.63) is 34.4 Å². The van der Waals surface area contributed by atoms with Gasteiger partial charge in [0.15, 0.2) is 0 Å². The molecule has 0 radical (unpaired) electrons. The largest absolute Gasteiger partial charge is 0.368 e. The van der Waals surface area contributed by atoms with Gasteiger partial charge >= 0.3 is 6.03 Å². The van der Waals surface area contributed by atoms with Gasteiger partial charge in [0.25, 0.3) is 11.6 Å². The Morgan fingerprint density at radius 2 is 1.79 bits per heavy atom. The predicted molar refractivity (Wildman–Crippen MR) is 103 cm³/mol. The summed E-state index contributed by atoms with van der Waals surface area (Å²) in [6.45, 7) is 3.55. The lowest BCUT2D eigenvalue weighted by Crippen LogP contribution is -2.52. The van der Waals surface area contributed by atoms with E-state index in [1.54, 1.807) is 24.0 Å². The van der Waals surface area contributed by atoms with Crippen molar-refractivity contribution < 1.29 is 19.3 Å². The number of piperazine rings is 1. The first-order valence-corrected chi connectivity index (χ1v) is 9.71. The molecule has 2 heterocycles. The summed E-state index contributed by atoms with van der Waals surface area (Å²) in [5, 5.41) is 13.5. The van der Waals surface area contributed by atoms with Gasteiger partial charge in [0.05, 0.1) is 4.92 Å². The van der Waals surface area contributed by atoms with Gasteiger partial charge in [-0.1, -0.05) is 0 Å². The summed E-state index contributed by atoms with van der Waals surface area (Å²) in [6.07, 6.45) is 1.82. The lowest BCUT2D eigenvalue weighted by Gasteiger charge is -2.36. The van der Waals surface area contributed by atoms with Gasteiger partial charge in [0.1, 0.15) is 12.1 Å². The molecule has 0 bridgehead atoms. The van der Waals surface area contributed by atoms with Crippen LogP contribution < -0.4 is 10.2 Å². The zero-order valence-corrected chi connectivity index (χ0v) is 16.2. The van der Waals surface area contributed by atoms with Crippen molar-refractivity contribution in [2.45, 2.75) is 25.3 Å². The lowest BCUT2D eigenvalue weighted by molar-refractivity contribution is -0.384. The number of imide groups is 1. The highest BCUT2D eigenvalue weighted by Crippen LogP contribution is 2.42. The predicted octanol–water partition coefficient (Wildman–Crippen LogP) is 0.964. The van der Waals surface area contributed by atoms with Gasteiger partial charge in [0, 0.05) is 44.0 Å². The Labute approximate surface area is 167 Å². The van der Waals surface area contributed by atoms with E-state index in [4.69, 9.17) is 0 Å². The van der Waals surface area contributed by atoms with Gasteiger partial charge in [-0.25, -0.2) is 4.79 Å². The smallest absolute Gasteiger partial charge is 0.325 e. The minimum atomic E-state index is -0.883. The van der Waals surface area contributed by atoms with Crippen molar-refractivity contribution in [1.82, 2.24) is 15.1 Å². The minimum absolute atomic E-state index is 0.0364. The fraction of sp³-hybridized carbons (Fsp3) is 0.526. The number of urea groups is 1. The number of non-ortho nitro benzene ring substituents is 1.